The van der Waals surface area contributed by atoms with Crippen LogP contribution in [-0.2, 0) is 6.42 Å². The van der Waals surface area contributed by atoms with Crippen molar-refractivity contribution in [1.29, 1.82) is 5.26 Å². The summed E-state index contributed by atoms with van der Waals surface area (Å²) >= 11 is 0. The highest BCUT2D eigenvalue weighted by atomic mass is 15.1. The van der Waals surface area contributed by atoms with Gasteiger partial charge in [-0.1, -0.05) is 6.07 Å². The molecular weight excluding hydrogens is 238 g/mol. The second-order valence-corrected chi connectivity index (χ2v) is 4.51. The molecule has 1 aromatic heterocycles. The van der Waals surface area contributed by atoms with Crippen LogP contribution in [0.3, 0.4) is 0 Å². The van der Waals surface area contributed by atoms with Crippen LogP contribution in [0.15, 0.2) is 30.6 Å². The quantitative estimate of drug-likeness (QED) is 0.885. The third-order valence-electron chi connectivity index (χ3n) is 3.28. The van der Waals surface area contributed by atoms with E-state index in [1.165, 1.54) is 17.4 Å². The van der Waals surface area contributed by atoms with E-state index < -0.39 is 0 Å². The van der Waals surface area contributed by atoms with Gasteiger partial charge in [-0.15, -0.1) is 0 Å². The average molecular weight is 251 g/mol. The number of likely N-dealkylation sites (N-methyl/N-ethyl adjacent to an activating group) is 1. The van der Waals surface area contributed by atoms with Gasteiger partial charge in [0.1, 0.15) is 6.07 Å². The molecular formula is C14H13N5. The van der Waals surface area contributed by atoms with Crippen LogP contribution >= 0.6 is 0 Å². The molecule has 0 radical (unpaired) electrons. The van der Waals surface area contributed by atoms with E-state index in [1.54, 1.807) is 6.20 Å². The minimum atomic E-state index is 0.302. The Morgan fingerprint density at radius 3 is 3.00 bits per heavy atom. The molecule has 3 rings (SSSR count). The average Bonchev–Trinajstić information content (AvgIpc) is 2.81. The van der Waals surface area contributed by atoms with E-state index in [0.29, 0.717) is 11.5 Å². The van der Waals surface area contributed by atoms with Gasteiger partial charge in [-0.2, -0.15) is 5.26 Å². The summed E-state index contributed by atoms with van der Waals surface area (Å²) in [5.74, 6) is 0.491. The van der Waals surface area contributed by atoms with Gasteiger partial charge in [-0.25, -0.2) is 9.97 Å². The number of anilines is 3. The highest BCUT2D eigenvalue weighted by Gasteiger charge is 2.16. The number of nitriles is 1. The molecule has 1 aromatic carbocycles. The van der Waals surface area contributed by atoms with Crippen LogP contribution in [0.2, 0.25) is 0 Å². The second kappa shape index (κ2) is 4.58. The molecule has 0 saturated heterocycles. The molecule has 0 unspecified atom stereocenters. The number of nitrogens with zero attached hydrogens (tertiary/aromatic N) is 4. The standard InChI is InChI=1S/C14H13N5/c1-19-7-4-10-2-3-11(8-13(10)19)18-14-12(9-15)16-5-6-17-14/h2-3,5-6,8H,4,7H2,1H3,(H,17,18). The molecule has 0 aliphatic carbocycles. The smallest absolute Gasteiger partial charge is 0.183 e. The third-order valence-corrected chi connectivity index (χ3v) is 3.28. The summed E-state index contributed by atoms with van der Waals surface area (Å²) < 4.78 is 0. The zero-order valence-corrected chi connectivity index (χ0v) is 10.6. The first-order valence-electron chi connectivity index (χ1n) is 6.10. The van der Waals surface area contributed by atoms with Gasteiger partial charge < -0.3 is 10.2 Å². The Kier molecular flexibility index (Phi) is 2.76. The van der Waals surface area contributed by atoms with Gasteiger partial charge >= 0.3 is 0 Å². The van der Waals surface area contributed by atoms with E-state index in [9.17, 15) is 0 Å². The number of aromatic nitrogens is 2. The molecule has 1 aliphatic heterocycles. The molecule has 0 bridgehead atoms. The van der Waals surface area contributed by atoms with Crippen molar-refractivity contribution in [1.82, 2.24) is 9.97 Å². The van der Waals surface area contributed by atoms with Crippen molar-refractivity contribution in [3.8, 4) is 6.07 Å². The van der Waals surface area contributed by atoms with Crippen LogP contribution < -0.4 is 10.2 Å². The van der Waals surface area contributed by atoms with Crippen molar-refractivity contribution in [2.45, 2.75) is 6.42 Å². The molecule has 1 aliphatic rings. The molecule has 0 atom stereocenters. The lowest BCUT2D eigenvalue weighted by atomic mass is 10.1. The Morgan fingerprint density at radius 1 is 1.32 bits per heavy atom. The van der Waals surface area contributed by atoms with Gasteiger partial charge in [0.25, 0.3) is 0 Å². The Morgan fingerprint density at radius 2 is 2.16 bits per heavy atom. The Bertz CT molecular complexity index is 659. The van der Waals surface area contributed by atoms with Gasteiger partial charge in [-0.3, -0.25) is 0 Å². The number of nitrogens with one attached hydrogen (secondary N) is 1. The third kappa shape index (κ3) is 2.08. The molecule has 5 nitrogen and oxygen atoms in total. The molecule has 19 heavy (non-hydrogen) atoms. The highest BCUT2D eigenvalue weighted by molar-refractivity contribution is 5.69. The van der Waals surface area contributed by atoms with E-state index in [2.05, 4.69) is 39.4 Å². The SMILES string of the molecule is CN1CCc2ccc(Nc3nccnc3C#N)cc21. The first kappa shape index (κ1) is 11.5. The lowest BCUT2D eigenvalue weighted by Gasteiger charge is -2.14. The van der Waals surface area contributed by atoms with Gasteiger partial charge in [0, 0.05) is 37.4 Å². The maximum Gasteiger partial charge on any atom is 0.183 e. The fraction of sp³-hybridized carbons (Fsp3) is 0.214. The van der Waals surface area contributed by atoms with Crippen molar-refractivity contribution >= 4 is 17.2 Å². The van der Waals surface area contributed by atoms with Crippen molar-refractivity contribution in [2.24, 2.45) is 0 Å². The summed E-state index contributed by atoms with van der Waals surface area (Å²) in [4.78, 5) is 10.4. The molecule has 2 heterocycles. The van der Waals surface area contributed by atoms with E-state index in [-0.39, 0.29) is 0 Å². The maximum absolute atomic E-state index is 8.99. The molecule has 0 spiro atoms. The van der Waals surface area contributed by atoms with Crippen LogP contribution in [0.1, 0.15) is 11.3 Å². The molecule has 5 heteroatoms. The predicted octanol–water partition coefficient (Wildman–Crippen LogP) is 2.08. The van der Waals surface area contributed by atoms with Gasteiger partial charge in [0.15, 0.2) is 11.5 Å². The summed E-state index contributed by atoms with van der Waals surface area (Å²) in [6.07, 6.45) is 4.17. The topological polar surface area (TPSA) is 64.8 Å². The number of rotatable bonds is 2. The largest absolute Gasteiger partial charge is 0.374 e. The van der Waals surface area contributed by atoms with Gasteiger partial charge in [0.2, 0.25) is 0 Å². The molecule has 2 aromatic rings. The van der Waals surface area contributed by atoms with Gasteiger partial charge in [0.05, 0.1) is 0 Å². The second-order valence-electron chi connectivity index (χ2n) is 4.51. The number of hydrogen-bond acceptors (Lipinski definition) is 5. The van der Waals surface area contributed by atoms with Crippen LogP contribution in [0.25, 0.3) is 0 Å². The molecule has 0 amide bonds. The summed E-state index contributed by atoms with van der Waals surface area (Å²) in [6, 6.07) is 8.23. The lowest BCUT2D eigenvalue weighted by molar-refractivity contribution is 0.956. The Labute approximate surface area is 111 Å². The van der Waals surface area contributed by atoms with Crippen LogP contribution in [0.5, 0.6) is 0 Å². The van der Waals surface area contributed by atoms with E-state index in [4.69, 9.17) is 5.26 Å². The number of fused-ring (bicyclic) bond motifs is 1. The van der Waals surface area contributed by atoms with Crippen molar-refractivity contribution < 1.29 is 0 Å². The normalized spacial score (nSPS) is 12.9. The molecule has 0 fully saturated rings. The minimum Gasteiger partial charge on any atom is -0.374 e. The highest BCUT2D eigenvalue weighted by Crippen LogP contribution is 2.30. The summed E-state index contributed by atoms with van der Waals surface area (Å²) in [5, 5.41) is 12.1. The number of benzene rings is 1. The molecule has 94 valence electrons. The minimum absolute atomic E-state index is 0.302. The van der Waals surface area contributed by atoms with Crippen molar-refractivity contribution in [2.75, 3.05) is 23.8 Å². The molecule has 1 N–H and O–H groups in total. The van der Waals surface area contributed by atoms with E-state index >= 15 is 0 Å². The number of hydrogen-bond donors (Lipinski definition) is 1. The lowest BCUT2D eigenvalue weighted by Crippen LogP contribution is -2.12. The summed E-state index contributed by atoms with van der Waals surface area (Å²) in [5.41, 5.74) is 3.81. The van der Waals surface area contributed by atoms with E-state index in [1.807, 2.05) is 12.1 Å². The molecule has 0 saturated carbocycles. The van der Waals surface area contributed by atoms with Crippen molar-refractivity contribution in [3.05, 3.63) is 41.9 Å². The predicted molar refractivity (Wildman–Crippen MR) is 73.4 cm³/mol. The summed E-state index contributed by atoms with van der Waals surface area (Å²) in [6.45, 7) is 1.05. The zero-order valence-electron chi connectivity index (χ0n) is 10.6. The van der Waals surface area contributed by atoms with Crippen LogP contribution in [0.4, 0.5) is 17.2 Å². The monoisotopic (exact) mass is 251 g/mol. The Hall–Kier alpha value is -2.61. The fourth-order valence-electron chi connectivity index (χ4n) is 2.26. The van der Waals surface area contributed by atoms with E-state index in [0.717, 1.165) is 18.7 Å². The first-order chi connectivity index (χ1) is 9.28. The summed E-state index contributed by atoms with van der Waals surface area (Å²) in [7, 11) is 2.08. The first-order valence-corrected chi connectivity index (χ1v) is 6.10. The fourth-order valence-corrected chi connectivity index (χ4v) is 2.26. The Balaban J connectivity index is 1.92. The van der Waals surface area contributed by atoms with Crippen molar-refractivity contribution in [3.63, 3.8) is 0 Å². The zero-order chi connectivity index (χ0) is 13.2. The van der Waals surface area contributed by atoms with Crippen LogP contribution in [-0.4, -0.2) is 23.6 Å². The van der Waals surface area contributed by atoms with Crippen LogP contribution in [0, 0.1) is 11.3 Å². The maximum atomic E-state index is 8.99. The van der Waals surface area contributed by atoms with Gasteiger partial charge in [-0.05, 0) is 24.1 Å².